The zero-order valence-electron chi connectivity index (χ0n) is 10.2. The third-order valence-electron chi connectivity index (χ3n) is 3.33. The average Bonchev–Trinajstić information content (AvgIpc) is 2.18. The molecule has 1 heterocycles. The van der Waals surface area contributed by atoms with Crippen LogP contribution in [0.4, 0.5) is 5.69 Å². The number of fused-ring (bicyclic) bond motifs is 1. The Labute approximate surface area is 102 Å². The van der Waals surface area contributed by atoms with Crippen LogP contribution in [0.5, 0.6) is 5.75 Å². The van der Waals surface area contributed by atoms with E-state index in [0.717, 1.165) is 0 Å². The minimum Gasteiger partial charge on any atom is -0.490 e. The van der Waals surface area contributed by atoms with Gasteiger partial charge < -0.3 is 10.5 Å². The van der Waals surface area contributed by atoms with Gasteiger partial charge in [-0.05, 0) is 25.1 Å². The smallest absolute Gasteiger partial charge is 0.154 e. The zero-order valence-corrected chi connectivity index (χ0v) is 11.0. The molecule has 1 aliphatic rings. The zero-order chi connectivity index (χ0) is 12.8. The van der Waals surface area contributed by atoms with Gasteiger partial charge in [-0.2, -0.15) is 0 Å². The maximum absolute atomic E-state index is 11.9. The molecule has 0 aromatic heterocycles. The highest BCUT2D eigenvalue weighted by molar-refractivity contribution is 7.91. The highest BCUT2D eigenvalue weighted by atomic mass is 32.2. The summed E-state index contributed by atoms with van der Waals surface area (Å²) < 4.78 is 29.5. The van der Waals surface area contributed by atoms with E-state index in [4.69, 9.17) is 10.5 Å². The number of rotatable bonds is 1. The van der Waals surface area contributed by atoms with Crippen LogP contribution in [-0.4, -0.2) is 20.8 Å². The van der Waals surface area contributed by atoms with Crippen molar-refractivity contribution in [3.63, 3.8) is 0 Å². The first-order valence-corrected chi connectivity index (χ1v) is 7.51. The molecule has 3 unspecified atom stereocenters. The normalized spacial score (nSPS) is 28.3. The standard InChI is InChI=1S/C12H17NO3S/c1-7-8(2)16-11-5-4-9(13)6-10(11)12(7)17(3,14)15/h4-8,12H,13H2,1-3H3. The predicted octanol–water partition coefficient (Wildman–Crippen LogP) is 1.77. The van der Waals surface area contributed by atoms with Crippen molar-refractivity contribution in [3.8, 4) is 5.75 Å². The molecule has 0 spiro atoms. The molecule has 0 radical (unpaired) electrons. The molecule has 3 atom stereocenters. The maximum Gasteiger partial charge on any atom is 0.154 e. The highest BCUT2D eigenvalue weighted by Crippen LogP contribution is 2.43. The van der Waals surface area contributed by atoms with E-state index in [9.17, 15) is 8.42 Å². The van der Waals surface area contributed by atoms with Crippen LogP contribution in [0.3, 0.4) is 0 Å². The molecular weight excluding hydrogens is 238 g/mol. The molecule has 5 heteroatoms. The number of nitrogens with two attached hydrogens (primary N) is 1. The average molecular weight is 255 g/mol. The van der Waals surface area contributed by atoms with Crippen LogP contribution in [0, 0.1) is 5.92 Å². The van der Waals surface area contributed by atoms with Gasteiger partial charge in [0.15, 0.2) is 9.84 Å². The van der Waals surface area contributed by atoms with Gasteiger partial charge in [0.2, 0.25) is 0 Å². The van der Waals surface area contributed by atoms with E-state index in [1.807, 2.05) is 13.8 Å². The van der Waals surface area contributed by atoms with Gasteiger partial charge in [-0.15, -0.1) is 0 Å². The van der Waals surface area contributed by atoms with Crippen LogP contribution in [0.1, 0.15) is 24.7 Å². The summed E-state index contributed by atoms with van der Waals surface area (Å²) in [5, 5.41) is -0.537. The first kappa shape index (κ1) is 12.2. The summed E-state index contributed by atoms with van der Waals surface area (Å²) in [5.74, 6) is 0.541. The van der Waals surface area contributed by atoms with Crippen LogP contribution in [0.25, 0.3) is 0 Å². The van der Waals surface area contributed by atoms with Crippen molar-refractivity contribution in [2.45, 2.75) is 25.2 Å². The van der Waals surface area contributed by atoms with Gasteiger partial charge >= 0.3 is 0 Å². The second-order valence-corrected chi connectivity index (χ2v) is 6.90. The summed E-state index contributed by atoms with van der Waals surface area (Å²) in [4.78, 5) is 0. The van der Waals surface area contributed by atoms with E-state index in [2.05, 4.69) is 0 Å². The van der Waals surface area contributed by atoms with Crippen LogP contribution in [0.2, 0.25) is 0 Å². The second kappa shape index (κ2) is 3.91. The number of anilines is 1. The van der Waals surface area contributed by atoms with Crippen LogP contribution < -0.4 is 10.5 Å². The first-order chi connectivity index (χ1) is 7.80. The van der Waals surface area contributed by atoms with Crippen molar-refractivity contribution in [1.29, 1.82) is 0 Å². The van der Waals surface area contributed by atoms with Crippen molar-refractivity contribution in [1.82, 2.24) is 0 Å². The van der Waals surface area contributed by atoms with E-state index in [-0.39, 0.29) is 12.0 Å². The van der Waals surface area contributed by atoms with Gasteiger partial charge in [0.05, 0.1) is 5.25 Å². The van der Waals surface area contributed by atoms with E-state index in [1.54, 1.807) is 18.2 Å². The Morgan fingerprint density at radius 2 is 1.94 bits per heavy atom. The fraction of sp³-hybridized carbons (Fsp3) is 0.500. The maximum atomic E-state index is 11.9. The lowest BCUT2D eigenvalue weighted by Gasteiger charge is -2.35. The van der Waals surface area contributed by atoms with E-state index < -0.39 is 15.1 Å². The fourth-order valence-corrected chi connectivity index (χ4v) is 4.00. The van der Waals surface area contributed by atoms with Crippen LogP contribution in [0.15, 0.2) is 18.2 Å². The predicted molar refractivity (Wildman–Crippen MR) is 67.7 cm³/mol. The quantitative estimate of drug-likeness (QED) is 0.776. The third-order valence-corrected chi connectivity index (χ3v) is 4.94. The molecule has 0 fully saturated rings. The summed E-state index contributed by atoms with van der Waals surface area (Å²) in [6.45, 7) is 3.78. The third kappa shape index (κ3) is 2.11. The minimum absolute atomic E-state index is 0.0840. The van der Waals surface area contributed by atoms with Gasteiger partial charge in [-0.25, -0.2) is 8.42 Å². The Kier molecular flexibility index (Phi) is 2.81. The Morgan fingerprint density at radius 3 is 2.53 bits per heavy atom. The number of benzene rings is 1. The molecule has 94 valence electrons. The largest absolute Gasteiger partial charge is 0.490 e. The van der Waals surface area contributed by atoms with Gasteiger partial charge in [-0.3, -0.25) is 0 Å². The summed E-state index contributed by atoms with van der Waals surface area (Å²) in [7, 11) is -3.17. The van der Waals surface area contributed by atoms with Crippen molar-refractivity contribution >= 4 is 15.5 Å². The molecule has 1 aliphatic heterocycles. The highest BCUT2D eigenvalue weighted by Gasteiger charge is 2.39. The number of sulfone groups is 1. The SMILES string of the molecule is CC1Oc2ccc(N)cc2C(S(C)(=O)=O)C1C. The van der Waals surface area contributed by atoms with Crippen molar-refractivity contribution in [2.75, 3.05) is 12.0 Å². The molecule has 17 heavy (non-hydrogen) atoms. The number of ether oxygens (including phenoxy) is 1. The molecule has 0 saturated heterocycles. The molecule has 1 aromatic rings. The summed E-state index contributed by atoms with van der Waals surface area (Å²) in [6.07, 6.45) is 1.14. The van der Waals surface area contributed by atoms with E-state index in [0.29, 0.717) is 17.0 Å². The molecule has 0 aliphatic carbocycles. The molecular formula is C12H17NO3S. The van der Waals surface area contributed by atoms with Gasteiger partial charge in [0.1, 0.15) is 11.9 Å². The number of hydrogen-bond donors (Lipinski definition) is 1. The Hall–Kier alpha value is -1.23. The van der Waals surface area contributed by atoms with Gasteiger partial charge in [-0.1, -0.05) is 6.92 Å². The minimum atomic E-state index is -3.17. The molecule has 2 rings (SSSR count). The van der Waals surface area contributed by atoms with Crippen LogP contribution in [-0.2, 0) is 9.84 Å². The molecule has 0 saturated carbocycles. The Balaban J connectivity index is 2.63. The monoisotopic (exact) mass is 255 g/mol. The van der Waals surface area contributed by atoms with Crippen molar-refractivity contribution in [3.05, 3.63) is 23.8 Å². The number of hydrogen-bond acceptors (Lipinski definition) is 4. The van der Waals surface area contributed by atoms with Crippen molar-refractivity contribution < 1.29 is 13.2 Å². The lowest BCUT2D eigenvalue weighted by molar-refractivity contribution is 0.135. The molecule has 0 amide bonds. The topological polar surface area (TPSA) is 69.4 Å². The van der Waals surface area contributed by atoms with E-state index >= 15 is 0 Å². The number of nitrogen functional groups attached to an aromatic ring is 1. The van der Waals surface area contributed by atoms with Gasteiger partial charge in [0, 0.05) is 23.4 Å². The summed E-state index contributed by atoms with van der Waals surface area (Å²) in [6, 6.07) is 5.16. The van der Waals surface area contributed by atoms with E-state index in [1.165, 1.54) is 6.26 Å². The van der Waals surface area contributed by atoms with Gasteiger partial charge in [0.25, 0.3) is 0 Å². The summed E-state index contributed by atoms with van der Waals surface area (Å²) >= 11 is 0. The lowest BCUT2D eigenvalue weighted by atomic mass is 9.92. The fourth-order valence-electron chi connectivity index (χ4n) is 2.35. The summed E-state index contributed by atoms with van der Waals surface area (Å²) in [5.41, 5.74) is 6.95. The first-order valence-electron chi connectivity index (χ1n) is 5.55. The molecule has 1 aromatic carbocycles. The Morgan fingerprint density at radius 1 is 1.29 bits per heavy atom. The lowest BCUT2D eigenvalue weighted by Crippen LogP contribution is -2.35. The Bertz CT molecular complexity index is 539. The molecule has 4 nitrogen and oxygen atoms in total. The van der Waals surface area contributed by atoms with Crippen molar-refractivity contribution in [2.24, 2.45) is 5.92 Å². The molecule has 2 N–H and O–H groups in total. The van der Waals surface area contributed by atoms with Crippen LogP contribution >= 0.6 is 0 Å². The molecule has 0 bridgehead atoms. The second-order valence-electron chi connectivity index (χ2n) is 4.73.